The first-order chi connectivity index (χ1) is 13.4. The molecule has 0 aliphatic heterocycles. The van der Waals surface area contributed by atoms with Gasteiger partial charge in [-0.05, 0) is 24.1 Å². The van der Waals surface area contributed by atoms with E-state index in [4.69, 9.17) is 9.47 Å². The summed E-state index contributed by atoms with van der Waals surface area (Å²) in [6.07, 6.45) is 2.03. The molecule has 0 bridgehead atoms. The number of ether oxygens (including phenoxy) is 2. The van der Waals surface area contributed by atoms with Gasteiger partial charge in [0, 0.05) is 25.4 Å². The molecule has 0 amide bonds. The van der Waals surface area contributed by atoms with Crippen LogP contribution in [-0.2, 0) is 23.5 Å². The zero-order chi connectivity index (χ0) is 20.1. The molecule has 0 aliphatic rings. The fraction of sp³-hybridized carbons (Fsp3) is 0.250. The number of nitrogens with one attached hydrogen (secondary N) is 1. The van der Waals surface area contributed by atoms with E-state index in [2.05, 4.69) is 9.82 Å². The highest BCUT2D eigenvalue weighted by atomic mass is 32.2. The summed E-state index contributed by atoms with van der Waals surface area (Å²) in [6.45, 7) is 0.251. The summed E-state index contributed by atoms with van der Waals surface area (Å²) in [7, 11) is 1.14. The lowest BCUT2D eigenvalue weighted by Crippen LogP contribution is -2.26. The number of benzene rings is 2. The first kappa shape index (κ1) is 19.9. The lowest BCUT2D eigenvalue weighted by atomic mass is 10.1. The van der Waals surface area contributed by atoms with E-state index in [9.17, 15) is 8.42 Å². The predicted molar refractivity (Wildman–Crippen MR) is 107 cm³/mol. The Morgan fingerprint density at radius 1 is 1.04 bits per heavy atom. The van der Waals surface area contributed by atoms with Gasteiger partial charge in [-0.1, -0.05) is 36.4 Å². The van der Waals surface area contributed by atoms with Gasteiger partial charge in [0.25, 0.3) is 0 Å². The maximum absolute atomic E-state index is 12.8. The van der Waals surface area contributed by atoms with Crippen LogP contribution in [0.2, 0.25) is 0 Å². The van der Waals surface area contributed by atoms with E-state index >= 15 is 0 Å². The second-order valence-electron chi connectivity index (χ2n) is 6.22. The molecule has 8 heteroatoms. The first-order valence-electron chi connectivity index (χ1n) is 8.74. The van der Waals surface area contributed by atoms with Crippen LogP contribution in [0.5, 0.6) is 11.5 Å². The van der Waals surface area contributed by atoms with Gasteiger partial charge in [0.1, 0.15) is 10.6 Å². The third-order valence-electron chi connectivity index (χ3n) is 4.29. The van der Waals surface area contributed by atoms with Gasteiger partial charge in [-0.2, -0.15) is 5.10 Å². The van der Waals surface area contributed by atoms with Crippen molar-refractivity contribution < 1.29 is 17.9 Å². The zero-order valence-corrected chi connectivity index (χ0v) is 16.9. The van der Waals surface area contributed by atoms with E-state index in [1.165, 1.54) is 10.9 Å². The highest BCUT2D eigenvalue weighted by Crippen LogP contribution is 2.28. The summed E-state index contributed by atoms with van der Waals surface area (Å²) in [5.74, 6) is 1.25. The number of hydrogen-bond acceptors (Lipinski definition) is 5. The summed E-state index contributed by atoms with van der Waals surface area (Å²) >= 11 is 0. The fourth-order valence-electron chi connectivity index (χ4n) is 2.90. The van der Waals surface area contributed by atoms with Gasteiger partial charge in [-0.3, -0.25) is 4.68 Å². The summed E-state index contributed by atoms with van der Waals surface area (Å²) < 4.78 is 40.4. The van der Waals surface area contributed by atoms with Crippen LogP contribution in [-0.4, -0.2) is 39.0 Å². The summed E-state index contributed by atoms with van der Waals surface area (Å²) in [5.41, 5.74) is 2.12. The van der Waals surface area contributed by atoms with E-state index in [-0.39, 0.29) is 11.4 Å². The SMILES string of the molecule is COc1ccc(CCNS(=O)(=O)c2cn(C)nc2-c2ccccc2)cc1OC. The lowest BCUT2D eigenvalue weighted by molar-refractivity contribution is 0.354. The van der Waals surface area contributed by atoms with Gasteiger partial charge in [0.15, 0.2) is 11.5 Å². The zero-order valence-electron chi connectivity index (χ0n) is 16.0. The van der Waals surface area contributed by atoms with Crippen LogP contribution in [0.4, 0.5) is 0 Å². The number of methoxy groups -OCH3 is 2. The smallest absolute Gasteiger partial charge is 0.244 e. The van der Waals surface area contributed by atoms with Crippen LogP contribution in [0.1, 0.15) is 5.56 Å². The molecule has 0 saturated carbocycles. The Morgan fingerprint density at radius 2 is 1.75 bits per heavy atom. The van der Waals surface area contributed by atoms with Crippen LogP contribution in [0, 0.1) is 0 Å². The summed E-state index contributed by atoms with van der Waals surface area (Å²) in [5, 5.41) is 4.32. The molecule has 3 rings (SSSR count). The van der Waals surface area contributed by atoms with Gasteiger partial charge in [-0.25, -0.2) is 13.1 Å². The standard InChI is InChI=1S/C20H23N3O4S/c1-23-14-19(20(22-23)16-7-5-4-6-8-16)28(24,25)21-12-11-15-9-10-17(26-2)18(13-15)27-3/h4-10,13-14,21H,11-12H2,1-3H3. The van der Waals surface area contributed by atoms with Crippen molar-refractivity contribution in [3.63, 3.8) is 0 Å². The van der Waals surface area contributed by atoms with Crippen molar-refractivity contribution in [3.05, 3.63) is 60.3 Å². The third kappa shape index (κ3) is 4.35. The molecule has 0 saturated heterocycles. The quantitative estimate of drug-likeness (QED) is 0.627. The average Bonchev–Trinajstić information content (AvgIpc) is 3.11. The van der Waals surface area contributed by atoms with Crippen LogP contribution >= 0.6 is 0 Å². The van der Waals surface area contributed by atoms with E-state index in [1.807, 2.05) is 42.5 Å². The number of sulfonamides is 1. The average molecular weight is 401 g/mol. The molecule has 0 radical (unpaired) electrons. The van der Waals surface area contributed by atoms with Gasteiger partial charge < -0.3 is 9.47 Å². The predicted octanol–water partition coefficient (Wildman–Crippen LogP) is 2.63. The van der Waals surface area contributed by atoms with Gasteiger partial charge in [-0.15, -0.1) is 0 Å². The van der Waals surface area contributed by atoms with E-state index < -0.39 is 10.0 Å². The molecule has 1 N–H and O–H groups in total. The van der Waals surface area contributed by atoms with Crippen molar-refractivity contribution in [2.45, 2.75) is 11.3 Å². The van der Waals surface area contributed by atoms with Gasteiger partial charge in [0.2, 0.25) is 10.0 Å². The summed E-state index contributed by atoms with van der Waals surface area (Å²) in [4.78, 5) is 0.161. The topological polar surface area (TPSA) is 82.5 Å². The molecule has 2 aromatic carbocycles. The minimum atomic E-state index is -3.71. The molecule has 0 spiro atoms. The van der Waals surface area contributed by atoms with E-state index in [0.29, 0.717) is 23.6 Å². The molecular formula is C20H23N3O4S. The monoisotopic (exact) mass is 401 g/mol. The molecule has 0 atom stereocenters. The normalized spacial score (nSPS) is 11.4. The van der Waals surface area contributed by atoms with Crippen molar-refractivity contribution in [2.24, 2.45) is 7.05 Å². The van der Waals surface area contributed by atoms with Crippen LogP contribution in [0.15, 0.2) is 59.6 Å². The molecule has 1 aromatic heterocycles. The van der Waals surface area contributed by atoms with E-state index in [0.717, 1.165) is 11.1 Å². The second kappa shape index (κ2) is 8.45. The van der Waals surface area contributed by atoms with Crippen molar-refractivity contribution in [2.75, 3.05) is 20.8 Å². The minimum absolute atomic E-state index is 0.161. The van der Waals surface area contributed by atoms with Crippen molar-refractivity contribution in [1.29, 1.82) is 0 Å². The highest BCUT2D eigenvalue weighted by Gasteiger charge is 2.22. The molecule has 3 aromatic rings. The summed E-state index contributed by atoms with van der Waals surface area (Å²) in [6, 6.07) is 14.8. The highest BCUT2D eigenvalue weighted by molar-refractivity contribution is 7.89. The second-order valence-corrected chi connectivity index (χ2v) is 7.95. The molecular weight excluding hydrogens is 378 g/mol. The third-order valence-corrected chi connectivity index (χ3v) is 5.75. The minimum Gasteiger partial charge on any atom is -0.493 e. The Hall–Kier alpha value is -2.84. The van der Waals surface area contributed by atoms with Crippen LogP contribution in [0.3, 0.4) is 0 Å². The number of aryl methyl sites for hydroxylation is 1. The van der Waals surface area contributed by atoms with Crippen molar-refractivity contribution in [3.8, 4) is 22.8 Å². The Balaban J connectivity index is 1.75. The first-order valence-corrected chi connectivity index (χ1v) is 10.2. The molecule has 0 aliphatic carbocycles. The van der Waals surface area contributed by atoms with Gasteiger partial charge in [0.05, 0.1) is 14.2 Å². The van der Waals surface area contributed by atoms with Crippen molar-refractivity contribution in [1.82, 2.24) is 14.5 Å². The van der Waals surface area contributed by atoms with Gasteiger partial charge >= 0.3 is 0 Å². The Kier molecular flexibility index (Phi) is 6.01. The Bertz CT molecular complexity index is 1050. The maximum Gasteiger partial charge on any atom is 0.244 e. The largest absolute Gasteiger partial charge is 0.493 e. The number of hydrogen-bond donors (Lipinski definition) is 1. The van der Waals surface area contributed by atoms with Crippen LogP contribution < -0.4 is 14.2 Å². The molecule has 1 heterocycles. The van der Waals surface area contributed by atoms with Crippen molar-refractivity contribution >= 4 is 10.0 Å². The molecule has 0 unspecified atom stereocenters. The molecule has 7 nitrogen and oxygen atoms in total. The number of rotatable bonds is 8. The maximum atomic E-state index is 12.8. The Morgan fingerprint density at radius 3 is 2.43 bits per heavy atom. The molecule has 28 heavy (non-hydrogen) atoms. The number of aromatic nitrogens is 2. The molecule has 148 valence electrons. The van der Waals surface area contributed by atoms with E-state index in [1.54, 1.807) is 27.3 Å². The Labute approximate surface area is 165 Å². The fourth-order valence-corrected chi connectivity index (χ4v) is 4.13. The van der Waals surface area contributed by atoms with Crippen LogP contribution in [0.25, 0.3) is 11.3 Å². The number of nitrogens with zero attached hydrogens (tertiary/aromatic N) is 2. The lowest BCUT2D eigenvalue weighted by Gasteiger charge is -2.10. The molecule has 0 fully saturated rings.